The molecule has 2 aromatic carbocycles. The molecule has 4 rings (SSSR count). The number of nitrogens with zero attached hydrogens (tertiary/aromatic N) is 1. The zero-order chi connectivity index (χ0) is 19.3. The number of anilines is 1. The van der Waals surface area contributed by atoms with E-state index in [1.54, 1.807) is 11.3 Å². The lowest BCUT2D eigenvalue weighted by molar-refractivity contribution is -0.111. The van der Waals surface area contributed by atoms with E-state index < -0.39 is 0 Å². The van der Waals surface area contributed by atoms with Crippen molar-refractivity contribution in [3.8, 4) is 6.07 Å². The number of hydrogen-bond donors (Lipinski definition) is 1. The number of hydrogen-bond acceptors (Lipinski definition) is 3. The first-order chi connectivity index (χ1) is 13.8. The molecule has 0 unspecified atom stereocenters. The zero-order valence-corrected chi connectivity index (χ0v) is 16.3. The van der Waals surface area contributed by atoms with Crippen molar-refractivity contribution in [1.82, 2.24) is 0 Å². The smallest absolute Gasteiger partial charge is 0.256 e. The van der Waals surface area contributed by atoms with Crippen LogP contribution in [-0.4, -0.2) is 5.91 Å². The third-order valence-corrected chi connectivity index (χ3v) is 6.16. The molecule has 0 spiro atoms. The predicted octanol–water partition coefficient (Wildman–Crippen LogP) is 5.68. The Balaban J connectivity index is 1.70. The monoisotopic (exact) mass is 384 g/mol. The van der Waals surface area contributed by atoms with Crippen molar-refractivity contribution in [3.63, 3.8) is 0 Å². The number of rotatable bonds is 4. The average molecular weight is 385 g/mol. The van der Waals surface area contributed by atoms with Crippen molar-refractivity contribution < 1.29 is 4.79 Å². The van der Waals surface area contributed by atoms with E-state index in [0.717, 1.165) is 42.4 Å². The minimum Gasteiger partial charge on any atom is -0.312 e. The van der Waals surface area contributed by atoms with Crippen molar-refractivity contribution in [1.29, 1.82) is 5.26 Å². The van der Waals surface area contributed by atoms with Gasteiger partial charge >= 0.3 is 0 Å². The minimum atomic E-state index is -0.190. The highest BCUT2D eigenvalue weighted by Gasteiger charge is 2.23. The lowest BCUT2D eigenvalue weighted by Crippen LogP contribution is -2.13. The Morgan fingerprint density at radius 2 is 1.68 bits per heavy atom. The Bertz CT molecular complexity index is 1060. The summed E-state index contributed by atoms with van der Waals surface area (Å²) in [5.41, 5.74) is 4.16. The molecule has 0 atom stereocenters. The number of carbonyl (C=O) groups excluding carboxylic acids is 1. The molecule has 4 heteroatoms. The maximum Gasteiger partial charge on any atom is 0.256 e. The van der Waals surface area contributed by atoms with Crippen molar-refractivity contribution in [2.45, 2.75) is 25.7 Å². The summed E-state index contributed by atoms with van der Waals surface area (Å²) < 4.78 is 0. The number of thiophene rings is 1. The maximum atomic E-state index is 13.2. The number of amides is 1. The van der Waals surface area contributed by atoms with Crippen LogP contribution in [0.4, 0.5) is 5.00 Å². The Morgan fingerprint density at radius 1 is 1.00 bits per heavy atom. The van der Waals surface area contributed by atoms with Gasteiger partial charge in [-0.2, -0.15) is 5.26 Å². The molecule has 0 fully saturated rings. The van der Waals surface area contributed by atoms with Gasteiger partial charge < -0.3 is 5.32 Å². The zero-order valence-electron chi connectivity index (χ0n) is 15.4. The largest absolute Gasteiger partial charge is 0.312 e. The molecule has 3 aromatic rings. The average Bonchev–Trinajstić information content (AvgIpc) is 3.10. The van der Waals surface area contributed by atoms with Gasteiger partial charge in [0.15, 0.2) is 0 Å². The number of aryl methyl sites for hydroxylation is 1. The molecular weight excluding hydrogens is 364 g/mol. The van der Waals surface area contributed by atoms with Gasteiger partial charge in [0.1, 0.15) is 11.1 Å². The molecule has 0 saturated heterocycles. The molecule has 1 amide bonds. The predicted molar refractivity (Wildman–Crippen MR) is 115 cm³/mol. The maximum absolute atomic E-state index is 13.2. The Morgan fingerprint density at radius 3 is 2.39 bits per heavy atom. The molecule has 1 aromatic heterocycles. The molecular formula is C24H20N2OS. The van der Waals surface area contributed by atoms with Gasteiger partial charge in [0.2, 0.25) is 0 Å². The molecule has 1 aliphatic rings. The minimum absolute atomic E-state index is 0.190. The number of benzene rings is 2. The van der Waals surface area contributed by atoms with Crippen LogP contribution in [0.15, 0.2) is 60.7 Å². The number of nitrogens with one attached hydrogen (secondary N) is 1. The van der Waals surface area contributed by atoms with Crippen LogP contribution in [-0.2, 0) is 17.6 Å². The van der Waals surface area contributed by atoms with E-state index >= 15 is 0 Å². The normalized spacial score (nSPS) is 13.5. The van der Waals surface area contributed by atoms with E-state index in [2.05, 4.69) is 11.4 Å². The van der Waals surface area contributed by atoms with Crippen molar-refractivity contribution in [2.75, 3.05) is 5.32 Å². The van der Waals surface area contributed by atoms with Gasteiger partial charge in [0.05, 0.1) is 5.56 Å². The van der Waals surface area contributed by atoms with Gasteiger partial charge in [-0.05, 0) is 48.4 Å². The summed E-state index contributed by atoms with van der Waals surface area (Å²) >= 11 is 1.55. The number of nitriles is 1. The standard InChI is InChI=1S/C24H20N2OS/c25-16-21-19-13-7-8-14-22(19)28-24(21)26-23(27)20(18-11-5-2-6-12-18)15-17-9-3-1-4-10-17/h1-6,9-12,15H,7-8,13-14H2,(H,26,27)/b20-15+. The second-order valence-corrected chi connectivity index (χ2v) is 7.92. The summed E-state index contributed by atoms with van der Waals surface area (Å²) in [4.78, 5) is 14.5. The van der Waals surface area contributed by atoms with Gasteiger partial charge in [-0.25, -0.2) is 0 Å². The van der Waals surface area contributed by atoms with E-state index in [0.29, 0.717) is 16.1 Å². The highest BCUT2D eigenvalue weighted by molar-refractivity contribution is 7.16. The van der Waals surface area contributed by atoms with Gasteiger partial charge in [0, 0.05) is 10.5 Å². The molecule has 1 heterocycles. The van der Waals surface area contributed by atoms with Crippen LogP contribution in [0.1, 0.15) is 40.0 Å². The molecule has 1 N–H and O–H groups in total. The van der Waals surface area contributed by atoms with Crippen LogP contribution in [0.3, 0.4) is 0 Å². The molecule has 0 radical (unpaired) electrons. The van der Waals surface area contributed by atoms with Gasteiger partial charge in [-0.3, -0.25) is 4.79 Å². The second kappa shape index (κ2) is 8.24. The van der Waals surface area contributed by atoms with Gasteiger partial charge in [0.25, 0.3) is 5.91 Å². The summed E-state index contributed by atoms with van der Waals surface area (Å²) in [6.07, 6.45) is 6.07. The summed E-state index contributed by atoms with van der Waals surface area (Å²) in [6.45, 7) is 0. The molecule has 28 heavy (non-hydrogen) atoms. The van der Waals surface area contributed by atoms with E-state index in [1.807, 2.05) is 66.7 Å². The molecule has 0 aliphatic heterocycles. The molecule has 0 bridgehead atoms. The van der Waals surface area contributed by atoms with Crippen LogP contribution in [0.2, 0.25) is 0 Å². The SMILES string of the molecule is N#Cc1c(NC(=O)/C(=C/c2ccccc2)c2ccccc2)sc2c1CCCC2. The van der Waals surface area contributed by atoms with Crippen molar-refractivity contribution in [3.05, 3.63) is 87.8 Å². The summed E-state index contributed by atoms with van der Waals surface area (Å²) in [5.74, 6) is -0.190. The molecule has 1 aliphatic carbocycles. The number of fused-ring (bicyclic) bond motifs is 1. The highest BCUT2D eigenvalue weighted by Crippen LogP contribution is 2.38. The first kappa shape index (κ1) is 18.2. The van der Waals surface area contributed by atoms with Crippen LogP contribution in [0, 0.1) is 11.3 Å². The Hall–Kier alpha value is -3.16. The van der Waals surface area contributed by atoms with Gasteiger partial charge in [-0.15, -0.1) is 11.3 Å². The summed E-state index contributed by atoms with van der Waals surface area (Å²) in [5, 5.41) is 13.4. The lowest BCUT2D eigenvalue weighted by atomic mass is 9.96. The van der Waals surface area contributed by atoms with E-state index in [1.165, 1.54) is 4.88 Å². The Kier molecular flexibility index (Phi) is 5.36. The van der Waals surface area contributed by atoms with E-state index in [4.69, 9.17) is 0 Å². The topological polar surface area (TPSA) is 52.9 Å². The third-order valence-electron chi connectivity index (χ3n) is 4.95. The second-order valence-electron chi connectivity index (χ2n) is 6.82. The molecule has 0 saturated carbocycles. The summed E-state index contributed by atoms with van der Waals surface area (Å²) in [6, 6.07) is 21.8. The molecule has 3 nitrogen and oxygen atoms in total. The van der Waals surface area contributed by atoms with Crippen LogP contribution < -0.4 is 5.32 Å². The summed E-state index contributed by atoms with van der Waals surface area (Å²) in [7, 11) is 0. The van der Waals surface area contributed by atoms with E-state index in [-0.39, 0.29) is 5.91 Å². The quantitative estimate of drug-likeness (QED) is 0.465. The fraction of sp³-hybridized carbons (Fsp3) is 0.167. The molecule has 138 valence electrons. The van der Waals surface area contributed by atoms with Crippen molar-refractivity contribution >= 4 is 33.9 Å². The first-order valence-corrected chi connectivity index (χ1v) is 10.3. The Labute approximate surface area is 169 Å². The van der Waals surface area contributed by atoms with Crippen molar-refractivity contribution in [2.24, 2.45) is 0 Å². The third kappa shape index (κ3) is 3.76. The van der Waals surface area contributed by atoms with Gasteiger partial charge in [-0.1, -0.05) is 60.7 Å². The lowest BCUT2D eigenvalue weighted by Gasteiger charge is -2.10. The first-order valence-electron chi connectivity index (χ1n) is 9.44. The van der Waals surface area contributed by atoms with Crippen LogP contribution in [0.5, 0.6) is 0 Å². The highest BCUT2D eigenvalue weighted by atomic mass is 32.1. The van der Waals surface area contributed by atoms with E-state index in [9.17, 15) is 10.1 Å². The fourth-order valence-corrected chi connectivity index (χ4v) is 4.79. The van der Waals surface area contributed by atoms with Crippen LogP contribution in [0.25, 0.3) is 11.6 Å². The fourth-order valence-electron chi connectivity index (χ4n) is 3.56. The van der Waals surface area contributed by atoms with Crippen LogP contribution >= 0.6 is 11.3 Å². The number of carbonyl (C=O) groups is 1.